The first kappa shape index (κ1) is 14.3. The van der Waals surface area contributed by atoms with Crippen molar-refractivity contribution in [3.63, 3.8) is 0 Å². The highest BCUT2D eigenvalue weighted by molar-refractivity contribution is 7.99. The molecule has 1 aromatic carbocycles. The molecule has 1 aliphatic carbocycles. The number of halogens is 1. The summed E-state index contributed by atoms with van der Waals surface area (Å²) in [6, 6.07) is 7.82. The highest BCUT2D eigenvalue weighted by Gasteiger charge is 2.28. The molecule has 0 unspecified atom stereocenters. The van der Waals surface area contributed by atoms with Crippen LogP contribution < -0.4 is 5.32 Å². The standard InChI is InChI=1S/C13H14ClN5OS/c14-10-3-1-9(2-4-10)7-15-12(20)8-21-13-16-17-18-19(13)11-5-6-11/h1-4,11H,5-8H2,(H,15,20). The van der Waals surface area contributed by atoms with Gasteiger partial charge in [0.05, 0.1) is 11.8 Å². The molecule has 1 aliphatic rings. The Morgan fingerprint density at radius 3 is 2.86 bits per heavy atom. The smallest absolute Gasteiger partial charge is 0.230 e. The van der Waals surface area contributed by atoms with Crippen LogP contribution in [-0.4, -0.2) is 31.9 Å². The van der Waals surface area contributed by atoms with Crippen LogP contribution >= 0.6 is 23.4 Å². The number of rotatable bonds is 6. The van der Waals surface area contributed by atoms with Crippen LogP contribution in [0.15, 0.2) is 29.4 Å². The maximum absolute atomic E-state index is 11.8. The van der Waals surface area contributed by atoms with Gasteiger partial charge < -0.3 is 5.32 Å². The van der Waals surface area contributed by atoms with Gasteiger partial charge in [-0.3, -0.25) is 4.79 Å². The van der Waals surface area contributed by atoms with E-state index in [1.54, 1.807) is 4.68 Å². The second kappa shape index (κ2) is 6.44. The van der Waals surface area contributed by atoms with Crippen molar-refractivity contribution < 1.29 is 4.79 Å². The van der Waals surface area contributed by atoms with Crippen molar-refractivity contribution in [2.75, 3.05) is 5.75 Å². The van der Waals surface area contributed by atoms with Gasteiger partial charge in [-0.2, -0.15) is 0 Å². The van der Waals surface area contributed by atoms with Gasteiger partial charge in [-0.25, -0.2) is 4.68 Å². The summed E-state index contributed by atoms with van der Waals surface area (Å²) in [7, 11) is 0. The Kier molecular flexibility index (Phi) is 4.40. The normalized spacial score (nSPS) is 14.1. The Hall–Kier alpha value is -1.60. The third kappa shape index (κ3) is 3.95. The van der Waals surface area contributed by atoms with Gasteiger partial charge in [0.25, 0.3) is 0 Å². The summed E-state index contributed by atoms with van der Waals surface area (Å²) >= 11 is 7.18. The number of nitrogens with one attached hydrogen (secondary N) is 1. The van der Waals surface area contributed by atoms with E-state index >= 15 is 0 Å². The summed E-state index contributed by atoms with van der Waals surface area (Å²) in [4.78, 5) is 11.8. The first-order chi connectivity index (χ1) is 10.2. The summed E-state index contributed by atoms with van der Waals surface area (Å²) in [6.45, 7) is 0.490. The average Bonchev–Trinajstić information content (AvgIpc) is 3.23. The van der Waals surface area contributed by atoms with Crippen molar-refractivity contribution in [1.29, 1.82) is 0 Å². The molecule has 0 bridgehead atoms. The Bertz CT molecular complexity index is 626. The molecule has 21 heavy (non-hydrogen) atoms. The second-order valence-corrected chi connectivity index (χ2v) is 6.21. The summed E-state index contributed by atoms with van der Waals surface area (Å²) in [5.74, 6) is 0.265. The highest BCUT2D eigenvalue weighted by Crippen LogP contribution is 2.36. The number of hydrogen-bond donors (Lipinski definition) is 1. The van der Waals surface area contributed by atoms with Crippen molar-refractivity contribution in [2.24, 2.45) is 0 Å². The van der Waals surface area contributed by atoms with Gasteiger partial charge in [0.1, 0.15) is 0 Å². The largest absolute Gasteiger partial charge is 0.351 e. The zero-order chi connectivity index (χ0) is 14.7. The lowest BCUT2D eigenvalue weighted by Gasteiger charge is -2.05. The van der Waals surface area contributed by atoms with E-state index in [0.717, 1.165) is 18.4 Å². The second-order valence-electron chi connectivity index (χ2n) is 4.83. The Morgan fingerprint density at radius 2 is 2.14 bits per heavy atom. The maximum atomic E-state index is 11.8. The number of benzene rings is 1. The van der Waals surface area contributed by atoms with E-state index in [0.29, 0.717) is 28.5 Å². The molecule has 8 heteroatoms. The molecular formula is C13H14ClN5OS. The molecule has 1 saturated carbocycles. The van der Waals surface area contributed by atoms with Crippen LogP contribution in [-0.2, 0) is 11.3 Å². The number of tetrazole rings is 1. The molecule has 3 rings (SSSR count). The van der Waals surface area contributed by atoms with Gasteiger partial charge >= 0.3 is 0 Å². The summed E-state index contributed by atoms with van der Waals surface area (Å²) in [6.07, 6.45) is 2.22. The Labute approximate surface area is 131 Å². The first-order valence-electron chi connectivity index (χ1n) is 6.64. The quantitative estimate of drug-likeness (QED) is 0.824. The molecule has 0 atom stereocenters. The molecule has 0 radical (unpaired) electrons. The van der Waals surface area contributed by atoms with Crippen LogP contribution in [0.3, 0.4) is 0 Å². The zero-order valence-corrected chi connectivity index (χ0v) is 12.8. The molecule has 1 fully saturated rings. The van der Waals surface area contributed by atoms with Crippen LogP contribution in [0.2, 0.25) is 5.02 Å². The zero-order valence-electron chi connectivity index (χ0n) is 11.2. The maximum Gasteiger partial charge on any atom is 0.230 e. The number of carbonyl (C=O) groups excluding carboxylic acids is 1. The van der Waals surface area contributed by atoms with E-state index in [1.807, 2.05) is 24.3 Å². The third-order valence-corrected chi connectivity index (χ3v) is 4.28. The van der Waals surface area contributed by atoms with E-state index in [1.165, 1.54) is 11.8 Å². The summed E-state index contributed by atoms with van der Waals surface area (Å²) in [5, 5.41) is 15.8. The lowest BCUT2D eigenvalue weighted by atomic mass is 10.2. The molecule has 1 aromatic heterocycles. The van der Waals surface area contributed by atoms with Crippen LogP contribution in [0.25, 0.3) is 0 Å². The van der Waals surface area contributed by atoms with Crippen molar-refractivity contribution in [1.82, 2.24) is 25.5 Å². The van der Waals surface area contributed by atoms with Crippen LogP contribution in [0.5, 0.6) is 0 Å². The number of hydrogen-bond acceptors (Lipinski definition) is 5. The summed E-state index contributed by atoms with van der Waals surface area (Å²) in [5.41, 5.74) is 1.01. The molecule has 6 nitrogen and oxygen atoms in total. The van der Waals surface area contributed by atoms with Crippen LogP contribution in [0.4, 0.5) is 0 Å². The van der Waals surface area contributed by atoms with Gasteiger partial charge in [0.15, 0.2) is 0 Å². The van der Waals surface area contributed by atoms with E-state index in [2.05, 4.69) is 20.8 Å². The molecule has 1 N–H and O–H groups in total. The molecule has 0 saturated heterocycles. The van der Waals surface area contributed by atoms with Gasteiger partial charge in [0, 0.05) is 11.6 Å². The van der Waals surface area contributed by atoms with Crippen molar-refractivity contribution >= 4 is 29.3 Å². The van der Waals surface area contributed by atoms with Crippen LogP contribution in [0.1, 0.15) is 24.4 Å². The molecule has 0 aliphatic heterocycles. The Morgan fingerprint density at radius 1 is 1.38 bits per heavy atom. The summed E-state index contributed by atoms with van der Waals surface area (Å²) < 4.78 is 1.80. The lowest BCUT2D eigenvalue weighted by molar-refractivity contribution is -0.118. The number of amides is 1. The van der Waals surface area contributed by atoms with Crippen molar-refractivity contribution in [2.45, 2.75) is 30.6 Å². The molecule has 2 aromatic rings. The fourth-order valence-corrected chi connectivity index (χ4v) is 2.71. The fraction of sp³-hybridized carbons (Fsp3) is 0.385. The van der Waals surface area contributed by atoms with Crippen molar-refractivity contribution in [3.05, 3.63) is 34.9 Å². The fourth-order valence-electron chi connectivity index (χ4n) is 1.81. The molecular weight excluding hydrogens is 310 g/mol. The number of carbonyl (C=O) groups is 1. The van der Waals surface area contributed by atoms with Gasteiger partial charge in [-0.05, 0) is 41.0 Å². The molecule has 1 heterocycles. The van der Waals surface area contributed by atoms with Gasteiger partial charge in [0.2, 0.25) is 11.1 Å². The third-order valence-electron chi connectivity index (χ3n) is 3.09. The van der Waals surface area contributed by atoms with E-state index in [9.17, 15) is 4.79 Å². The molecule has 0 spiro atoms. The number of thioether (sulfide) groups is 1. The van der Waals surface area contributed by atoms with E-state index < -0.39 is 0 Å². The van der Waals surface area contributed by atoms with Crippen LogP contribution in [0, 0.1) is 0 Å². The number of nitrogens with zero attached hydrogens (tertiary/aromatic N) is 4. The number of aromatic nitrogens is 4. The Balaban J connectivity index is 1.45. The van der Waals surface area contributed by atoms with E-state index in [-0.39, 0.29) is 5.91 Å². The molecule has 110 valence electrons. The minimum Gasteiger partial charge on any atom is -0.351 e. The monoisotopic (exact) mass is 323 g/mol. The van der Waals surface area contributed by atoms with Gasteiger partial charge in [-0.15, -0.1) is 5.10 Å². The predicted octanol–water partition coefficient (Wildman–Crippen LogP) is 2.07. The minimum absolute atomic E-state index is 0.0414. The predicted molar refractivity (Wildman–Crippen MR) is 80.1 cm³/mol. The lowest BCUT2D eigenvalue weighted by Crippen LogP contribution is -2.24. The average molecular weight is 324 g/mol. The topological polar surface area (TPSA) is 72.7 Å². The SMILES string of the molecule is O=C(CSc1nnnn1C1CC1)NCc1ccc(Cl)cc1. The van der Waals surface area contributed by atoms with Crippen molar-refractivity contribution in [3.8, 4) is 0 Å². The van der Waals surface area contributed by atoms with Gasteiger partial charge in [-0.1, -0.05) is 35.5 Å². The molecule has 1 amide bonds. The van der Waals surface area contributed by atoms with E-state index in [4.69, 9.17) is 11.6 Å². The first-order valence-corrected chi connectivity index (χ1v) is 8.00. The highest BCUT2D eigenvalue weighted by atomic mass is 35.5. The minimum atomic E-state index is -0.0414.